The van der Waals surface area contributed by atoms with Crippen molar-refractivity contribution in [2.75, 3.05) is 14.2 Å². The minimum Gasteiger partial charge on any atom is -0.385 e. The van der Waals surface area contributed by atoms with Gasteiger partial charge >= 0.3 is 6.03 Å². The molecular formula is C12H15N3O2. The molecule has 2 rings (SSSR count). The van der Waals surface area contributed by atoms with Crippen LogP contribution in [-0.4, -0.2) is 30.9 Å². The maximum Gasteiger partial charge on any atom is 0.345 e. The van der Waals surface area contributed by atoms with Gasteiger partial charge in [-0.3, -0.25) is 0 Å². The molecule has 5 heteroatoms. The molecule has 1 unspecified atom stereocenters. The van der Waals surface area contributed by atoms with Gasteiger partial charge in [-0.1, -0.05) is 24.3 Å². The van der Waals surface area contributed by atoms with E-state index < -0.39 is 0 Å². The highest BCUT2D eigenvalue weighted by Crippen LogP contribution is 2.25. The second-order valence-electron chi connectivity index (χ2n) is 4.01. The van der Waals surface area contributed by atoms with Crippen molar-refractivity contribution in [1.29, 1.82) is 0 Å². The molecule has 0 aromatic heterocycles. The summed E-state index contributed by atoms with van der Waals surface area (Å²) in [6, 6.07) is 7.24. The minimum absolute atomic E-state index is 0.265. The summed E-state index contributed by atoms with van der Waals surface area (Å²) >= 11 is 0. The molecule has 0 aliphatic carbocycles. The second kappa shape index (κ2) is 4.55. The van der Waals surface area contributed by atoms with E-state index in [4.69, 9.17) is 10.5 Å². The molecule has 0 spiro atoms. The number of nitrogens with two attached hydrogens (primary N) is 1. The highest BCUT2D eigenvalue weighted by atomic mass is 16.5. The first kappa shape index (κ1) is 11.6. The van der Waals surface area contributed by atoms with Crippen LogP contribution in [0.5, 0.6) is 0 Å². The number of likely N-dealkylation sites (N-methyl/N-ethyl adjacent to an activating group) is 1. The molecule has 0 fully saturated rings. The summed E-state index contributed by atoms with van der Waals surface area (Å²) in [5.41, 5.74) is 7.77. The summed E-state index contributed by atoms with van der Waals surface area (Å²) in [5.74, 6) is 0.340. The van der Waals surface area contributed by atoms with Gasteiger partial charge in [0.25, 0.3) is 0 Å². The Hall–Kier alpha value is -1.88. The fraction of sp³-hybridized carbons (Fsp3) is 0.333. The summed E-state index contributed by atoms with van der Waals surface area (Å²) in [7, 11) is 3.34. The highest BCUT2D eigenvalue weighted by molar-refractivity contribution is 6.03. The summed E-state index contributed by atoms with van der Waals surface area (Å²) < 4.78 is 5.08. The minimum atomic E-state index is -0.301. The molecule has 0 bridgehead atoms. The smallest absolute Gasteiger partial charge is 0.345 e. The van der Waals surface area contributed by atoms with Gasteiger partial charge in [0.15, 0.2) is 0 Å². The molecule has 1 atom stereocenters. The molecule has 0 radical (unpaired) electrons. The van der Waals surface area contributed by atoms with Crippen LogP contribution in [0.2, 0.25) is 0 Å². The fourth-order valence-electron chi connectivity index (χ4n) is 1.97. The zero-order valence-corrected chi connectivity index (χ0v) is 9.88. The number of benzene rings is 1. The average molecular weight is 233 g/mol. The van der Waals surface area contributed by atoms with Crippen molar-refractivity contribution < 1.29 is 9.53 Å². The number of amidine groups is 1. The summed E-state index contributed by atoms with van der Waals surface area (Å²) in [6.07, 6.45) is 0. The van der Waals surface area contributed by atoms with E-state index in [1.54, 1.807) is 14.2 Å². The Bertz CT molecular complexity index is 471. The molecule has 1 aromatic carbocycles. The van der Waals surface area contributed by atoms with Gasteiger partial charge in [-0.15, -0.1) is 0 Å². The lowest BCUT2D eigenvalue weighted by atomic mass is 10.0. The predicted octanol–water partition coefficient (Wildman–Crippen LogP) is 1.30. The first-order valence-corrected chi connectivity index (χ1v) is 5.32. The number of ether oxygens (including phenoxy) is 1. The van der Waals surface area contributed by atoms with Crippen LogP contribution in [0.3, 0.4) is 0 Å². The number of amides is 2. The SMILES string of the molecule is COCc1cccc(C2C(N)=NC(=O)N2C)c1. The van der Waals surface area contributed by atoms with E-state index in [9.17, 15) is 4.79 Å². The van der Waals surface area contributed by atoms with Crippen LogP contribution in [0.25, 0.3) is 0 Å². The van der Waals surface area contributed by atoms with Crippen LogP contribution >= 0.6 is 0 Å². The van der Waals surface area contributed by atoms with Gasteiger partial charge in [-0.2, -0.15) is 4.99 Å². The molecule has 1 aliphatic rings. The van der Waals surface area contributed by atoms with Crippen LogP contribution in [0.4, 0.5) is 4.79 Å². The Balaban J connectivity index is 2.31. The molecule has 5 nitrogen and oxygen atoms in total. The third kappa shape index (κ3) is 2.14. The maximum atomic E-state index is 11.4. The van der Waals surface area contributed by atoms with E-state index in [1.807, 2.05) is 24.3 Å². The lowest BCUT2D eigenvalue weighted by Crippen LogP contribution is -2.30. The van der Waals surface area contributed by atoms with Gasteiger partial charge < -0.3 is 15.4 Å². The van der Waals surface area contributed by atoms with Crippen molar-refractivity contribution in [3.8, 4) is 0 Å². The molecule has 90 valence electrons. The van der Waals surface area contributed by atoms with Crippen LogP contribution in [-0.2, 0) is 11.3 Å². The van der Waals surface area contributed by atoms with Gasteiger partial charge in [-0.05, 0) is 11.1 Å². The van der Waals surface area contributed by atoms with Crippen molar-refractivity contribution in [2.45, 2.75) is 12.6 Å². The lowest BCUT2D eigenvalue weighted by Gasteiger charge is -2.20. The molecule has 1 heterocycles. The van der Waals surface area contributed by atoms with Gasteiger partial charge in [0.2, 0.25) is 0 Å². The van der Waals surface area contributed by atoms with Crippen molar-refractivity contribution in [2.24, 2.45) is 10.7 Å². The number of carbonyl (C=O) groups is 1. The Morgan fingerprint density at radius 1 is 1.53 bits per heavy atom. The summed E-state index contributed by atoms with van der Waals surface area (Å²) in [4.78, 5) is 16.7. The number of nitrogens with zero attached hydrogens (tertiary/aromatic N) is 2. The van der Waals surface area contributed by atoms with Crippen LogP contribution in [0, 0.1) is 0 Å². The van der Waals surface area contributed by atoms with E-state index in [1.165, 1.54) is 4.90 Å². The monoisotopic (exact) mass is 233 g/mol. The van der Waals surface area contributed by atoms with E-state index in [0.717, 1.165) is 11.1 Å². The summed E-state index contributed by atoms with van der Waals surface area (Å²) in [6.45, 7) is 0.537. The van der Waals surface area contributed by atoms with E-state index in [2.05, 4.69) is 4.99 Å². The molecule has 17 heavy (non-hydrogen) atoms. The third-order valence-electron chi connectivity index (χ3n) is 2.77. The van der Waals surface area contributed by atoms with Gasteiger partial charge in [-0.25, -0.2) is 4.79 Å². The van der Waals surface area contributed by atoms with E-state index in [0.29, 0.717) is 12.4 Å². The third-order valence-corrected chi connectivity index (χ3v) is 2.77. The van der Waals surface area contributed by atoms with Gasteiger partial charge in [0, 0.05) is 14.2 Å². The molecule has 2 amide bonds. The van der Waals surface area contributed by atoms with Crippen molar-refractivity contribution in [1.82, 2.24) is 4.90 Å². The first-order chi connectivity index (χ1) is 8.13. The number of urea groups is 1. The topological polar surface area (TPSA) is 67.9 Å². The highest BCUT2D eigenvalue weighted by Gasteiger charge is 2.31. The van der Waals surface area contributed by atoms with Crippen LogP contribution in [0.15, 0.2) is 29.3 Å². The normalized spacial score (nSPS) is 19.6. The molecule has 2 N–H and O–H groups in total. The van der Waals surface area contributed by atoms with Gasteiger partial charge in [0.05, 0.1) is 6.61 Å². The number of carbonyl (C=O) groups excluding carboxylic acids is 1. The molecule has 1 aromatic rings. The van der Waals surface area contributed by atoms with Crippen LogP contribution in [0.1, 0.15) is 17.2 Å². The Kier molecular flexibility index (Phi) is 3.10. The van der Waals surface area contributed by atoms with E-state index >= 15 is 0 Å². The Morgan fingerprint density at radius 3 is 2.88 bits per heavy atom. The van der Waals surface area contributed by atoms with Crippen molar-refractivity contribution in [3.05, 3.63) is 35.4 Å². The molecular weight excluding hydrogens is 218 g/mol. The predicted molar refractivity (Wildman–Crippen MR) is 64.7 cm³/mol. The first-order valence-electron chi connectivity index (χ1n) is 5.32. The fourth-order valence-corrected chi connectivity index (χ4v) is 1.97. The van der Waals surface area contributed by atoms with E-state index in [-0.39, 0.29) is 12.1 Å². The molecule has 1 aliphatic heterocycles. The molecule has 0 saturated carbocycles. The number of hydrogen-bond donors (Lipinski definition) is 1. The Morgan fingerprint density at radius 2 is 2.29 bits per heavy atom. The number of aliphatic imine (C=N–C) groups is 1. The van der Waals surface area contributed by atoms with Gasteiger partial charge in [0.1, 0.15) is 11.9 Å². The largest absolute Gasteiger partial charge is 0.385 e. The lowest BCUT2D eigenvalue weighted by molar-refractivity contribution is 0.184. The van der Waals surface area contributed by atoms with Crippen LogP contribution < -0.4 is 5.73 Å². The maximum absolute atomic E-state index is 11.4. The zero-order chi connectivity index (χ0) is 12.4. The number of rotatable bonds is 3. The second-order valence-corrected chi connectivity index (χ2v) is 4.01. The standard InChI is InChI=1S/C12H15N3O2/c1-15-10(11(13)14-12(15)16)9-5-3-4-8(6-9)7-17-2/h3-6,10H,7H2,1-2H3,(H2,13,14,16). The number of methoxy groups -OCH3 is 1. The Labute approximate surface area is 99.9 Å². The van der Waals surface area contributed by atoms with Crippen molar-refractivity contribution >= 4 is 11.9 Å². The molecule has 0 saturated heterocycles. The summed E-state index contributed by atoms with van der Waals surface area (Å²) in [5, 5.41) is 0. The zero-order valence-electron chi connectivity index (χ0n) is 9.88. The quantitative estimate of drug-likeness (QED) is 0.855. The average Bonchev–Trinajstić information content (AvgIpc) is 2.54. The van der Waals surface area contributed by atoms with Crippen molar-refractivity contribution in [3.63, 3.8) is 0 Å². The number of hydrogen-bond acceptors (Lipinski definition) is 3.